The molecule has 0 fully saturated rings. The summed E-state index contributed by atoms with van der Waals surface area (Å²) in [5.74, 6) is -8.84. The zero-order valence-corrected chi connectivity index (χ0v) is 38.7. The van der Waals surface area contributed by atoms with E-state index in [1.807, 2.05) is 0 Å². The van der Waals surface area contributed by atoms with Crippen LogP contribution in [0.3, 0.4) is 0 Å². The molecule has 0 saturated heterocycles. The van der Waals surface area contributed by atoms with Gasteiger partial charge in [-0.15, -0.1) is 0 Å². The molecule has 0 aromatic heterocycles. The summed E-state index contributed by atoms with van der Waals surface area (Å²) in [6.45, 7) is 4.33. The average molecular weight is 933 g/mol. The lowest BCUT2D eigenvalue weighted by molar-refractivity contribution is -0.139. The zero-order chi connectivity index (χ0) is 49.9. The monoisotopic (exact) mass is 933 g/mol. The zero-order valence-electron chi connectivity index (χ0n) is 38.7. The first-order valence-corrected chi connectivity index (χ1v) is 22.2. The molecule has 1 rings (SSSR count). The van der Waals surface area contributed by atoms with Crippen molar-refractivity contribution in [3.05, 3.63) is 29.8 Å². The highest BCUT2D eigenvalue weighted by atomic mass is 16.3. The Balaban J connectivity index is 3.20. The second-order valence-electron chi connectivity index (χ2n) is 16.3. The van der Waals surface area contributed by atoms with Gasteiger partial charge in [-0.25, -0.2) is 0 Å². The van der Waals surface area contributed by atoms with Crippen molar-refractivity contribution in [2.24, 2.45) is 28.9 Å². The number of carbonyl (C=O) groups is 10. The Morgan fingerprint density at radius 2 is 1.24 bits per heavy atom. The molecule has 16 N–H and O–H groups in total. The summed E-state index contributed by atoms with van der Waals surface area (Å²) in [6, 6.07) is -1.95. The van der Waals surface area contributed by atoms with Crippen molar-refractivity contribution in [3.63, 3.8) is 0 Å². The van der Waals surface area contributed by atoms with Gasteiger partial charge in [0.05, 0.1) is 25.6 Å². The van der Waals surface area contributed by atoms with Crippen LogP contribution in [0.5, 0.6) is 5.75 Å². The van der Waals surface area contributed by atoms with Gasteiger partial charge in [0.1, 0.15) is 36.0 Å². The number of carbonyl (C=O) groups excluding carboxylic acids is 10. The van der Waals surface area contributed by atoms with Crippen LogP contribution in [0.2, 0.25) is 0 Å². The lowest BCUT2D eigenvalue weighted by Gasteiger charge is -2.29. The lowest BCUT2D eigenvalue weighted by Crippen LogP contribution is -2.61. The van der Waals surface area contributed by atoms with Gasteiger partial charge in [-0.3, -0.25) is 47.9 Å². The van der Waals surface area contributed by atoms with Crippen LogP contribution in [0.25, 0.3) is 0 Å². The van der Waals surface area contributed by atoms with E-state index in [9.17, 15) is 53.1 Å². The molecule has 7 atom stereocenters. The first-order chi connectivity index (χ1) is 31.1. The Morgan fingerprint density at radius 1 is 0.667 bits per heavy atom. The number of unbranched alkanes of at least 4 members (excludes halogenated alkanes) is 5. The Labute approximate surface area is 385 Å². The minimum Gasteiger partial charge on any atom is -0.508 e. The third kappa shape index (κ3) is 22.5. The second kappa shape index (κ2) is 30.7. The minimum atomic E-state index is -1.71. The van der Waals surface area contributed by atoms with Crippen LogP contribution in [-0.2, 0) is 54.4 Å². The largest absolute Gasteiger partial charge is 0.508 e. The molecule has 0 heterocycles. The number of phenolic OH excluding ortho intramolecular Hbond substituents is 1. The van der Waals surface area contributed by atoms with Gasteiger partial charge in [-0.2, -0.15) is 0 Å². The molecule has 0 unspecified atom stereocenters. The van der Waals surface area contributed by atoms with Crippen LogP contribution in [-0.4, -0.2) is 139 Å². The van der Waals surface area contributed by atoms with Crippen LogP contribution in [0.1, 0.15) is 97.0 Å². The summed E-state index contributed by atoms with van der Waals surface area (Å²) in [6.07, 6.45) is 4.67. The molecule has 0 aliphatic carbocycles. The fourth-order valence-corrected chi connectivity index (χ4v) is 6.61. The topological polar surface area (TPSA) is 382 Å². The van der Waals surface area contributed by atoms with Crippen molar-refractivity contribution in [2.45, 2.75) is 134 Å². The lowest BCUT2D eigenvalue weighted by atomic mass is 9.96. The third-order valence-electron chi connectivity index (χ3n) is 10.6. The van der Waals surface area contributed by atoms with E-state index in [0.717, 1.165) is 37.0 Å². The number of nitrogens with zero attached hydrogens (tertiary/aromatic N) is 1. The van der Waals surface area contributed by atoms with Gasteiger partial charge in [0.25, 0.3) is 0 Å². The van der Waals surface area contributed by atoms with Crippen molar-refractivity contribution in [1.82, 2.24) is 42.1 Å². The molecular formula is C43H72N12O11. The van der Waals surface area contributed by atoms with Crippen LogP contribution in [0.15, 0.2) is 24.3 Å². The molecule has 23 nitrogen and oxygen atoms in total. The van der Waals surface area contributed by atoms with E-state index < -0.39 is 127 Å². The Morgan fingerprint density at radius 3 is 1.82 bits per heavy atom. The molecule has 23 heteroatoms. The molecule has 0 saturated carbocycles. The van der Waals surface area contributed by atoms with Crippen molar-refractivity contribution >= 4 is 59.1 Å². The molecule has 370 valence electrons. The SMILES string of the molecule is CCCCCCCC[C@H](NC(=O)CN(C)C(=O)[C@H](CNC)NC(=O)[C@H](CC(N)=O)NC(=O)[C@H](CCC(N)=O)NC(=O)[C@@H](NC(=O)[C@@H](N)Cc1ccc(O)cc1)[C@@H](C)CC)C(=O)NCC(N)=O. The van der Waals surface area contributed by atoms with Crippen LogP contribution < -0.4 is 60.2 Å². The number of amides is 10. The predicted octanol–water partition coefficient (Wildman–Crippen LogP) is -3.10. The van der Waals surface area contributed by atoms with E-state index in [2.05, 4.69) is 44.1 Å². The van der Waals surface area contributed by atoms with Gasteiger partial charge < -0.3 is 70.2 Å². The first-order valence-electron chi connectivity index (χ1n) is 22.2. The van der Waals surface area contributed by atoms with Gasteiger partial charge in [0.15, 0.2) is 0 Å². The highest BCUT2D eigenvalue weighted by Crippen LogP contribution is 2.14. The van der Waals surface area contributed by atoms with Gasteiger partial charge >= 0.3 is 0 Å². The summed E-state index contributed by atoms with van der Waals surface area (Å²) in [7, 11) is 2.75. The smallest absolute Gasteiger partial charge is 0.246 e. The maximum absolute atomic E-state index is 13.8. The van der Waals surface area contributed by atoms with E-state index in [1.165, 1.54) is 26.2 Å². The van der Waals surface area contributed by atoms with Gasteiger partial charge in [-0.05, 0) is 49.9 Å². The molecule has 1 aromatic rings. The summed E-state index contributed by atoms with van der Waals surface area (Å²) in [4.78, 5) is 130. The highest BCUT2D eigenvalue weighted by molar-refractivity contribution is 5.98. The number of benzene rings is 1. The molecule has 0 aliphatic heterocycles. The second-order valence-corrected chi connectivity index (χ2v) is 16.3. The maximum Gasteiger partial charge on any atom is 0.246 e. The Hall–Kier alpha value is -6.36. The number of hydrogen-bond acceptors (Lipinski definition) is 13. The first kappa shape index (κ1) is 57.7. The number of phenols is 1. The molecule has 0 radical (unpaired) electrons. The summed E-state index contributed by atoms with van der Waals surface area (Å²) in [5.41, 5.74) is 22.7. The van der Waals surface area contributed by atoms with E-state index in [1.54, 1.807) is 26.0 Å². The normalized spacial score (nSPS) is 14.1. The quantitative estimate of drug-likeness (QED) is 0.0311. The maximum atomic E-state index is 13.8. The third-order valence-corrected chi connectivity index (χ3v) is 10.6. The van der Waals surface area contributed by atoms with Gasteiger partial charge in [-0.1, -0.05) is 77.8 Å². The summed E-state index contributed by atoms with van der Waals surface area (Å²) in [5, 5.41) is 27.2. The Kier molecular flexibility index (Phi) is 26.8. The van der Waals surface area contributed by atoms with Crippen LogP contribution in [0, 0.1) is 5.92 Å². The minimum absolute atomic E-state index is 0.0234. The van der Waals surface area contributed by atoms with E-state index in [-0.39, 0.29) is 31.6 Å². The number of primary amides is 3. The molecule has 1 aromatic carbocycles. The molecular weight excluding hydrogens is 861 g/mol. The van der Waals surface area contributed by atoms with E-state index in [0.29, 0.717) is 18.4 Å². The number of nitrogens with two attached hydrogens (primary N) is 4. The fraction of sp³-hybridized carbons (Fsp3) is 0.628. The molecule has 0 aliphatic rings. The summed E-state index contributed by atoms with van der Waals surface area (Å²) < 4.78 is 0. The number of hydrogen-bond donors (Lipinski definition) is 12. The van der Waals surface area contributed by atoms with E-state index in [4.69, 9.17) is 22.9 Å². The summed E-state index contributed by atoms with van der Waals surface area (Å²) >= 11 is 0. The molecule has 0 bridgehead atoms. The van der Waals surface area contributed by atoms with Crippen LogP contribution >= 0.6 is 0 Å². The predicted molar refractivity (Wildman–Crippen MR) is 243 cm³/mol. The fourth-order valence-electron chi connectivity index (χ4n) is 6.61. The van der Waals surface area contributed by atoms with Crippen LogP contribution in [0.4, 0.5) is 0 Å². The van der Waals surface area contributed by atoms with Crippen molar-refractivity contribution in [1.29, 1.82) is 0 Å². The molecule has 0 spiro atoms. The molecule has 66 heavy (non-hydrogen) atoms. The van der Waals surface area contributed by atoms with E-state index >= 15 is 0 Å². The standard InChI is InChI=1S/C43H72N12O11/c1-6-8-9-10-11-12-13-29(39(62)49-23-35(47)59)50-36(60)24-55(5)43(66)32(22-48-4)53-41(64)31(21-34(46)58)52-40(63)30(18-19-33(45)57)51-42(65)37(25(3)7-2)54-38(61)28(44)20-26-14-16-27(56)17-15-26/h14-17,25,28-32,37,48,56H,6-13,18-24,44H2,1-5H3,(H2,45,57)(H2,46,58)(H2,47,59)(H,49,62)(H,50,60)(H,51,65)(H,52,63)(H,53,64)(H,54,61)/t25-,28-,29-,30-,31-,32-,37-/m0/s1. The average Bonchev–Trinajstić information content (AvgIpc) is 3.25. The van der Waals surface area contributed by atoms with Crippen molar-refractivity contribution in [2.75, 3.05) is 33.7 Å². The van der Waals surface area contributed by atoms with Crippen molar-refractivity contribution < 1.29 is 53.1 Å². The number of aromatic hydroxyl groups is 1. The van der Waals surface area contributed by atoms with Crippen molar-refractivity contribution in [3.8, 4) is 5.75 Å². The highest BCUT2D eigenvalue weighted by Gasteiger charge is 2.35. The Bertz CT molecular complexity index is 1800. The number of nitrogens with one attached hydrogen (secondary N) is 7. The number of rotatable bonds is 33. The number of likely N-dealkylation sites (N-methyl/N-ethyl adjacent to an activating group) is 2. The van der Waals surface area contributed by atoms with Gasteiger partial charge in [0, 0.05) is 20.0 Å². The van der Waals surface area contributed by atoms with Gasteiger partial charge in [0.2, 0.25) is 59.1 Å². The molecule has 10 amide bonds.